The molecular weight excluding hydrogens is 306 g/mol. The number of hydrogen-bond donors (Lipinski definition) is 2. The lowest BCUT2D eigenvalue weighted by molar-refractivity contribution is -0.120. The Labute approximate surface area is 133 Å². The molecule has 1 aromatic carbocycles. The summed E-state index contributed by atoms with van der Waals surface area (Å²) >= 11 is 7.57. The van der Waals surface area contributed by atoms with Crippen LogP contribution < -0.4 is 11.1 Å². The number of nitrogens with one attached hydrogen (secondary N) is 1. The van der Waals surface area contributed by atoms with Crippen LogP contribution in [0.1, 0.15) is 12.5 Å². The number of anilines is 2. The monoisotopic (exact) mass is 323 g/mol. The van der Waals surface area contributed by atoms with Crippen molar-refractivity contribution in [1.82, 2.24) is 4.90 Å². The normalized spacial score (nSPS) is 12.4. The van der Waals surface area contributed by atoms with Crippen molar-refractivity contribution < 1.29 is 4.79 Å². The van der Waals surface area contributed by atoms with Gasteiger partial charge < -0.3 is 11.1 Å². The fourth-order valence-electron chi connectivity index (χ4n) is 1.88. The highest BCUT2D eigenvalue weighted by atomic mass is 35.5. The number of nitrogen functional groups attached to an aromatic ring is 1. The summed E-state index contributed by atoms with van der Waals surface area (Å²) in [6, 6.07) is 6.81. The van der Waals surface area contributed by atoms with Gasteiger partial charge in [0, 0.05) is 11.6 Å². The van der Waals surface area contributed by atoms with Crippen LogP contribution in [0.15, 0.2) is 35.0 Å². The van der Waals surface area contributed by atoms with E-state index in [1.807, 2.05) is 24.3 Å². The van der Waals surface area contributed by atoms with Gasteiger partial charge in [-0.15, -0.1) is 0 Å². The first-order valence-corrected chi connectivity index (χ1v) is 7.86. The molecule has 0 fully saturated rings. The second-order valence-electron chi connectivity index (χ2n) is 4.94. The predicted octanol–water partition coefficient (Wildman–Crippen LogP) is 3.44. The maximum Gasteiger partial charge on any atom is 0.241 e. The molecule has 2 aromatic rings. The number of hydrogen-bond acceptors (Lipinski definition) is 4. The van der Waals surface area contributed by atoms with E-state index in [-0.39, 0.29) is 11.9 Å². The topological polar surface area (TPSA) is 58.4 Å². The molecule has 1 unspecified atom stereocenters. The number of rotatable bonds is 5. The van der Waals surface area contributed by atoms with Gasteiger partial charge in [0.05, 0.1) is 17.4 Å². The Morgan fingerprint density at radius 2 is 2.24 bits per heavy atom. The summed E-state index contributed by atoms with van der Waals surface area (Å²) in [6.07, 6.45) is 0. The van der Waals surface area contributed by atoms with Gasteiger partial charge in [-0.3, -0.25) is 9.69 Å². The Balaban J connectivity index is 2.00. The predicted molar refractivity (Wildman–Crippen MR) is 89.7 cm³/mol. The summed E-state index contributed by atoms with van der Waals surface area (Å²) in [6.45, 7) is 2.59. The van der Waals surface area contributed by atoms with Crippen molar-refractivity contribution in [3.05, 3.63) is 45.6 Å². The maximum atomic E-state index is 12.3. The van der Waals surface area contributed by atoms with Crippen LogP contribution in [0, 0.1) is 0 Å². The third-order valence-electron chi connectivity index (χ3n) is 3.33. The van der Waals surface area contributed by atoms with Gasteiger partial charge >= 0.3 is 0 Å². The zero-order valence-corrected chi connectivity index (χ0v) is 13.5. The molecule has 1 aromatic heterocycles. The van der Waals surface area contributed by atoms with E-state index in [2.05, 4.69) is 16.8 Å². The summed E-state index contributed by atoms with van der Waals surface area (Å²) in [5.41, 5.74) is 8.08. The van der Waals surface area contributed by atoms with Gasteiger partial charge in [-0.2, -0.15) is 11.3 Å². The van der Waals surface area contributed by atoms with Crippen molar-refractivity contribution in [3.63, 3.8) is 0 Å². The van der Waals surface area contributed by atoms with Gasteiger partial charge in [-0.05, 0) is 54.6 Å². The minimum atomic E-state index is -0.275. The Morgan fingerprint density at radius 3 is 2.90 bits per heavy atom. The van der Waals surface area contributed by atoms with E-state index >= 15 is 0 Å². The number of nitrogens with zero attached hydrogens (tertiary/aromatic N) is 1. The number of carbonyl (C=O) groups is 1. The molecule has 0 radical (unpaired) electrons. The third kappa shape index (κ3) is 4.20. The number of amides is 1. The molecule has 4 nitrogen and oxygen atoms in total. The van der Waals surface area contributed by atoms with Crippen LogP contribution in [0.5, 0.6) is 0 Å². The Kier molecular flexibility index (Phi) is 5.22. The molecule has 2 rings (SSSR count). The van der Waals surface area contributed by atoms with Gasteiger partial charge in [0.1, 0.15) is 0 Å². The number of benzene rings is 1. The molecule has 0 aliphatic heterocycles. The zero-order chi connectivity index (χ0) is 15.4. The van der Waals surface area contributed by atoms with Crippen LogP contribution in [-0.2, 0) is 11.3 Å². The quantitative estimate of drug-likeness (QED) is 0.829. The lowest BCUT2D eigenvalue weighted by atomic mass is 10.2. The molecule has 0 aliphatic carbocycles. The maximum absolute atomic E-state index is 12.3. The van der Waals surface area contributed by atoms with Crippen molar-refractivity contribution >= 4 is 40.2 Å². The number of carbonyl (C=O) groups excluding carboxylic acids is 1. The number of thiophene rings is 1. The van der Waals surface area contributed by atoms with E-state index in [0.29, 0.717) is 16.4 Å². The first kappa shape index (κ1) is 15.8. The minimum Gasteiger partial charge on any atom is -0.397 e. The number of likely N-dealkylation sites (N-methyl/N-ethyl adjacent to an activating group) is 1. The number of halogens is 1. The number of nitrogens with two attached hydrogens (primary N) is 1. The summed E-state index contributed by atoms with van der Waals surface area (Å²) in [7, 11) is 1.92. The van der Waals surface area contributed by atoms with Crippen LogP contribution in [0.25, 0.3) is 0 Å². The second-order valence-corrected chi connectivity index (χ2v) is 6.16. The summed E-state index contributed by atoms with van der Waals surface area (Å²) in [5, 5.41) is 7.47. The summed E-state index contributed by atoms with van der Waals surface area (Å²) in [4.78, 5) is 14.3. The molecule has 1 amide bonds. The molecule has 0 bridgehead atoms. The smallest absolute Gasteiger partial charge is 0.241 e. The summed E-state index contributed by atoms with van der Waals surface area (Å²) in [5.74, 6) is -0.110. The van der Waals surface area contributed by atoms with E-state index in [1.54, 1.807) is 29.5 Å². The van der Waals surface area contributed by atoms with Gasteiger partial charge in [0.25, 0.3) is 0 Å². The van der Waals surface area contributed by atoms with Gasteiger partial charge in [-0.25, -0.2) is 0 Å². The molecule has 112 valence electrons. The molecule has 6 heteroatoms. The van der Waals surface area contributed by atoms with Crippen LogP contribution >= 0.6 is 22.9 Å². The minimum absolute atomic E-state index is 0.110. The molecule has 0 saturated carbocycles. The van der Waals surface area contributed by atoms with E-state index in [0.717, 1.165) is 6.54 Å². The molecule has 21 heavy (non-hydrogen) atoms. The lowest BCUT2D eigenvalue weighted by Gasteiger charge is -2.23. The first-order valence-electron chi connectivity index (χ1n) is 6.54. The fraction of sp³-hybridized carbons (Fsp3) is 0.267. The molecule has 0 spiro atoms. The molecule has 0 saturated heterocycles. The molecule has 1 atom stereocenters. The van der Waals surface area contributed by atoms with Gasteiger partial charge in [-0.1, -0.05) is 11.6 Å². The van der Waals surface area contributed by atoms with Crippen molar-refractivity contribution in [2.45, 2.75) is 19.5 Å². The Bertz CT molecular complexity index is 615. The van der Waals surface area contributed by atoms with Crippen molar-refractivity contribution in [3.8, 4) is 0 Å². The van der Waals surface area contributed by atoms with Crippen LogP contribution in [-0.4, -0.2) is 23.9 Å². The van der Waals surface area contributed by atoms with E-state index in [1.165, 1.54) is 5.56 Å². The van der Waals surface area contributed by atoms with Crippen molar-refractivity contribution in [2.75, 3.05) is 18.1 Å². The van der Waals surface area contributed by atoms with E-state index in [4.69, 9.17) is 17.3 Å². The fourth-order valence-corrected chi connectivity index (χ4v) is 2.71. The molecule has 1 heterocycles. The standard InChI is InChI=1S/C15H18ClN3OS/c1-10(19(2)8-11-5-6-21-9-11)15(20)18-14-7-12(16)3-4-13(14)17/h3-7,9-10H,8,17H2,1-2H3,(H,18,20). The third-order valence-corrected chi connectivity index (χ3v) is 4.29. The van der Waals surface area contributed by atoms with Gasteiger partial charge in [0.2, 0.25) is 5.91 Å². The first-order chi connectivity index (χ1) is 9.97. The van der Waals surface area contributed by atoms with Crippen LogP contribution in [0.3, 0.4) is 0 Å². The highest BCUT2D eigenvalue weighted by molar-refractivity contribution is 7.07. The van der Waals surface area contributed by atoms with Gasteiger partial charge in [0.15, 0.2) is 0 Å². The van der Waals surface area contributed by atoms with E-state index < -0.39 is 0 Å². The van der Waals surface area contributed by atoms with E-state index in [9.17, 15) is 4.79 Å². The SMILES string of the molecule is CC(C(=O)Nc1cc(Cl)ccc1N)N(C)Cc1ccsc1. The second kappa shape index (κ2) is 6.93. The molecular formula is C15H18ClN3OS. The molecule has 3 N–H and O–H groups in total. The average molecular weight is 324 g/mol. The average Bonchev–Trinajstić information content (AvgIpc) is 2.94. The van der Waals surface area contributed by atoms with Crippen LogP contribution in [0.2, 0.25) is 5.02 Å². The zero-order valence-electron chi connectivity index (χ0n) is 12.0. The van der Waals surface area contributed by atoms with Crippen molar-refractivity contribution in [2.24, 2.45) is 0 Å². The Morgan fingerprint density at radius 1 is 1.48 bits per heavy atom. The largest absolute Gasteiger partial charge is 0.397 e. The lowest BCUT2D eigenvalue weighted by Crippen LogP contribution is -2.39. The highest BCUT2D eigenvalue weighted by Gasteiger charge is 2.19. The molecule has 0 aliphatic rings. The summed E-state index contributed by atoms with van der Waals surface area (Å²) < 4.78 is 0. The van der Waals surface area contributed by atoms with Crippen molar-refractivity contribution in [1.29, 1.82) is 0 Å². The Hall–Kier alpha value is -1.56. The van der Waals surface area contributed by atoms with Crippen LogP contribution in [0.4, 0.5) is 11.4 Å². The highest BCUT2D eigenvalue weighted by Crippen LogP contribution is 2.23.